The largest absolute Gasteiger partial charge is 0.379 e. The number of anilines is 1. The van der Waals surface area contributed by atoms with Crippen molar-refractivity contribution in [2.24, 2.45) is 0 Å². The Balaban J connectivity index is 1.34. The topological polar surface area (TPSA) is 96.0 Å². The first-order valence-corrected chi connectivity index (χ1v) is 13.2. The van der Waals surface area contributed by atoms with Gasteiger partial charge in [-0.15, -0.1) is 0 Å². The smallest absolute Gasteiger partial charge is 0.254 e. The van der Waals surface area contributed by atoms with Crippen molar-refractivity contribution in [2.75, 3.05) is 44.7 Å². The molecule has 0 unspecified atom stereocenters. The number of aryl methyl sites for hydroxylation is 1. The van der Waals surface area contributed by atoms with E-state index in [9.17, 15) is 18.0 Å². The van der Waals surface area contributed by atoms with E-state index >= 15 is 0 Å². The summed E-state index contributed by atoms with van der Waals surface area (Å²) in [5, 5.41) is 2.92. The predicted molar refractivity (Wildman–Crippen MR) is 129 cm³/mol. The van der Waals surface area contributed by atoms with Crippen molar-refractivity contribution in [1.29, 1.82) is 0 Å². The maximum absolute atomic E-state index is 12.8. The van der Waals surface area contributed by atoms with E-state index in [0.29, 0.717) is 44.0 Å². The molecule has 1 N–H and O–H groups in total. The van der Waals surface area contributed by atoms with Crippen LogP contribution in [0.1, 0.15) is 40.7 Å². The summed E-state index contributed by atoms with van der Waals surface area (Å²) >= 11 is 0. The third-order valence-corrected chi connectivity index (χ3v) is 8.32. The standard InChI is InChI=1S/C25H31N3O5S/c1-19-22(25(30)27-13-2-3-14-27)5-4-6-23(19)26-24(29)12-9-20-7-10-21(11-8-20)34(31,32)28-15-17-33-18-16-28/h4-8,10-11H,2-3,9,12-18H2,1H3,(H,26,29). The molecular weight excluding hydrogens is 454 g/mol. The highest BCUT2D eigenvalue weighted by Gasteiger charge is 2.26. The molecule has 0 radical (unpaired) electrons. The van der Waals surface area contributed by atoms with Gasteiger partial charge in [0.25, 0.3) is 5.91 Å². The summed E-state index contributed by atoms with van der Waals surface area (Å²) in [5.74, 6) is -0.142. The average molecular weight is 486 g/mol. The number of ether oxygens (including phenoxy) is 1. The van der Waals surface area contributed by atoms with E-state index in [0.717, 1.165) is 37.1 Å². The molecule has 2 aliphatic rings. The number of morpholine rings is 1. The summed E-state index contributed by atoms with van der Waals surface area (Å²) in [4.78, 5) is 27.5. The molecule has 0 bridgehead atoms. The molecule has 0 spiro atoms. The third-order valence-electron chi connectivity index (χ3n) is 6.40. The van der Waals surface area contributed by atoms with Gasteiger partial charge >= 0.3 is 0 Å². The Labute approximate surface area is 200 Å². The first-order chi connectivity index (χ1) is 16.4. The van der Waals surface area contributed by atoms with Gasteiger partial charge in [-0.25, -0.2) is 8.42 Å². The fourth-order valence-corrected chi connectivity index (χ4v) is 5.74. The number of carbonyl (C=O) groups excluding carboxylic acids is 2. The summed E-state index contributed by atoms with van der Waals surface area (Å²) in [5.41, 5.74) is 2.91. The minimum Gasteiger partial charge on any atom is -0.379 e. The number of hydrogen-bond acceptors (Lipinski definition) is 5. The number of benzene rings is 2. The molecule has 2 amide bonds. The minimum absolute atomic E-state index is 0.0122. The zero-order valence-electron chi connectivity index (χ0n) is 19.5. The molecule has 182 valence electrons. The number of nitrogens with one attached hydrogen (secondary N) is 1. The Morgan fingerprint density at radius 2 is 1.65 bits per heavy atom. The third kappa shape index (κ3) is 5.48. The lowest BCUT2D eigenvalue weighted by Gasteiger charge is -2.26. The van der Waals surface area contributed by atoms with Crippen LogP contribution in [0.5, 0.6) is 0 Å². The second kappa shape index (κ2) is 10.7. The van der Waals surface area contributed by atoms with Gasteiger partial charge in [-0.05, 0) is 61.6 Å². The normalized spacial score (nSPS) is 17.0. The summed E-state index contributed by atoms with van der Waals surface area (Å²) in [7, 11) is -3.53. The maximum atomic E-state index is 12.8. The molecule has 2 aromatic rings. The van der Waals surface area contributed by atoms with Gasteiger partial charge in [0.05, 0.1) is 18.1 Å². The first kappa shape index (κ1) is 24.4. The van der Waals surface area contributed by atoms with E-state index < -0.39 is 10.0 Å². The lowest BCUT2D eigenvalue weighted by atomic mass is 10.0. The number of hydrogen-bond donors (Lipinski definition) is 1. The molecule has 0 aromatic heterocycles. The molecule has 2 aliphatic heterocycles. The second-order valence-corrected chi connectivity index (χ2v) is 10.6. The lowest BCUT2D eigenvalue weighted by Crippen LogP contribution is -2.40. The van der Waals surface area contributed by atoms with Crippen molar-refractivity contribution >= 4 is 27.5 Å². The summed E-state index contributed by atoms with van der Waals surface area (Å²) < 4.78 is 32.1. The van der Waals surface area contributed by atoms with Gasteiger partial charge < -0.3 is 15.0 Å². The van der Waals surface area contributed by atoms with Crippen molar-refractivity contribution in [3.05, 3.63) is 59.2 Å². The van der Waals surface area contributed by atoms with Crippen LogP contribution in [0.4, 0.5) is 5.69 Å². The van der Waals surface area contributed by atoms with Crippen LogP contribution in [0.15, 0.2) is 47.4 Å². The molecular formula is C25H31N3O5S. The number of rotatable bonds is 7. The van der Waals surface area contributed by atoms with E-state index in [1.54, 1.807) is 42.5 Å². The minimum atomic E-state index is -3.53. The van der Waals surface area contributed by atoms with E-state index in [2.05, 4.69) is 5.32 Å². The highest BCUT2D eigenvalue weighted by atomic mass is 32.2. The van der Waals surface area contributed by atoms with E-state index in [1.165, 1.54) is 4.31 Å². The van der Waals surface area contributed by atoms with Gasteiger partial charge in [0, 0.05) is 43.9 Å². The van der Waals surface area contributed by atoms with Gasteiger partial charge in [-0.3, -0.25) is 9.59 Å². The van der Waals surface area contributed by atoms with Crippen LogP contribution in [0.3, 0.4) is 0 Å². The molecule has 0 saturated carbocycles. The molecule has 8 nitrogen and oxygen atoms in total. The molecule has 0 atom stereocenters. The first-order valence-electron chi connectivity index (χ1n) is 11.7. The van der Waals surface area contributed by atoms with Crippen LogP contribution in [-0.4, -0.2) is 68.8 Å². The SMILES string of the molecule is Cc1c(NC(=O)CCc2ccc(S(=O)(=O)N3CCOCC3)cc2)cccc1C(=O)N1CCCC1. The molecule has 2 saturated heterocycles. The summed E-state index contributed by atoms with van der Waals surface area (Å²) in [6.07, 6.45) is 2.79. The van der Waals surface area contributed by atoms with Gasteiger partial charge in [0.1, 0.15) is 0 Å². The van der Waals surface area contributed by atoms with Gasteiger partial charge in [-0.1, -0.05) is 18.2 Å². The molecule has 2 fully saturated rings. The molecule has 2 aromatic carbocycles. The van der Waals surface area contributed by atoms with Crippen molar-refractivity contribution in [3.8, 4) is 0 Å². The van der Waals surface area contributed by atoms with Gasteiger partial charge in [0.2, 0.25) is 15.9 Å². The Morgan fingerprint density at radius 3 is 2.32 bits per heavy atom. The van der Waals surface area contributed by atoms with Crippen molar-refractivity contribution < 1.29 is 22.7 Å². The van der Waals surface area contributed by atoms with Crippen LogP contribution < -0.4 is 5.32 Å². The fourth-order valence-electron chi connectivity index (χ4n) is 4.33. The molecule has 0 aliphatic carbocycles. The zero-order valence-corrected chi connectivity index (χ0v) is 20.3. The zero-order chi connectivity index (χ0) is 24.1. The quantitative estimate of drug-likeness (QED) is 0.651. The molecule has 4 rings (SSSR count). The Hall–Kier alpha value is -2.75. The Morgan fingerprint density at radius 1 is 0.971 bits per heavy atom. The number of nitrogens with zero attached hydrogens (tertiary/aromatic N) is 2. The highest BCUT2D eigenvalue weighted by Crippen LogP contribution is 2.23. The lowest BCUT2D eigenvalue weighted by molar-refractivity contribution is -0.116. The summed E-state index contributed by atoms with van der Waals surface area (Å²) in [6.45, 7) is 4.93. The molecule has 9 heteroatoms. The van der Waals surface area contributed by atoms with E-state index in [-0.39, 0.29) is 23.1 Å². The van der Waals surface area contributed by atoms with Crippen LogP contribution in [0, 0.1) is 6.92 Å². The molecule has 34 heavy (non-hydrogen) atoms. The van der Waals surface area contributed by atoms with Crippen LogP contribution in [0.25, 0.3) is 0 Å². The second-order valence-electron chi connectivity index (χ2n) is 8.69. The van der Waals surface area contributed by atoms with Crippen LogP contribution in [-0.2, 0) is 26.0 Å². The van der Waals surface area contributed by atoms with Crippen molar-refractivity contribution in [2.45, 2.75) is 37.5 Å². The van der Waals surface area contributed by atoms with E-state index in [4.69, 9.17) is 4.74 Å². The number of likely N-dealkylation sites (tertiary alicyclic amines) is 1. The average Bonchev–Trinajstić information content (AvgIpc) is 3.40. The van der Waals surface area contributed by atoms with E-state index in [1.807, 2.05) is 11.8 Å². The van der Waals surface area contributed by atoms with Crippen molar-refractivity contribution in [3.63, 3.8) is 0 Å². The monoisotopic (exact) mass is 485 g/mol. The van der Waals surface area contributed by atoms with Crippen LogP contribution >= 0.6 is 0 Å². The molecule has 2 heterocycles. The van der Waals surface area contributed by atoms with Gasteiger partial charge in [-0.2, -0.15) is 4.31 Å². The number of carbonyl (C=O) groups is 2. The Bertz CT molecular complexity index is 1140. The van der Waals surface area contributed by atoms with Crippen LogP contribution in [0.2, 0.25) is 0 Å². The summed E-state index contributed by atoms with van der Waals surface area (Å²) in [6, 6.07) is 12.1. The number of sulfonamides is 1. The van der Waals surface area contributed by atoms with Crippen molar-refractivity contribution in [1.82, 2.24) is 9.21 Å². The number of amides is 2. The highest BCUT2D eigenvalue weighted by molar-refractivity contribution is 7.89. The maximum Gasteiger partial charge on any atom is 0.254 e. The fraction of sp³-hybridized carbons (Fsp3) is 0.440. The predicted octanol–water partition coefficient (Wildman–Crippen LogP) is 2.82. The Kier molecular flexibility index (Phi) is 7.65. The van der Waals surface area contributed by atoms with Gasteiger partial charge in [0.15, 0.2) is 0 Å².